The summed E-state index contributed by atoms with van der Waals surface area (Å²) >= 11 is 0. The summed E-state index contributed by atoms with van der Waals surface area (Å²) in [6.07, 6.45) is 2.42. The normalized spacial score (nSPS) is 15.4. The lowest BCUT2D eigenvalue weighted by Crippen LogP contribution is -2.33. The van der Waals surface area contributed by atoms with Gasteiger partial charge in [-0.3, -0.25) is 14.7 Å². The number of amides is 2. The first-order valence-electron chi connectivity index (χ1n) is 10.6. The Hall–Kier alpha value is -3.78. The van der Waals surface area contributed by atoms with Crippen molar-refractivity contribution in [1.29, 1.82) is 0 Å². The number of aromatic nitrogens is 1. The van der Waals surface area contributed by atoms with Crippen molar-refractivity contribution >= 4 is 17.7 Å². The summed E-state index contributed by atoms with van der Waals surface area (Å²) < 4.78 is 25.9. The number of halogens is 1. The largest absolute Gasteiger partial charge is 0.442 e. The Labute approximate surface area is 191 Å². The summed E-state index contributed by atoms with van der Waals surface area (Å²) in [7, 11) is 0. The first-order valence-corrected chi connectivity index (χ1v) is 10.6. The fraction of sp³-hybridized carbons (Fsp3) is 0.240. The highest BCUT2D eigenvalue weighted by Crippen LogP contribution is 2.29. The van der Waals surface area contributed by atoms with Gasteiger partial charge in [-0.25, -0.2) is 9.18 Å². The predicted octanol–water partition coefficient (Wildman–Crippen LogP) is 4.07. The second-order valence-electron chi connectivity index (χ2n) is 7.76. The lowest BCUT2D eigenvalue weighted by Gasteiger charge is -2.15. The second kappa shape index (κ2) is 10.2. The summed E-state index contributed by atoms with van der Waals surface area (Å²) in [5.74, 6) is -0.640. The van der Waals surface area contributed by atoms with Crippen LogP contribution in [-0.2, 0) is 27.5 Å². The van der Waals surface area contributed by atoms with Gasteiger partial charge < -0.3 is 14.8 Å². The maximum Gasteiger partial charge on any atom is 0.414 e. The molecule has 2 amide bonds. The van der Waals surface area contributed by atoms with E-state index in [-0.39, 0.29) is 19.0 Å². The van der Waals surface area contributed by atoms with E-state index in [0.29, 0.717) is 24.5 Å². The van der Waals surface area contributed by atoms with Crippen molar-refractivity contribution < 1.29 is 23.5 Å². The number of nitrogens with zero attached hydrogens (tertiary/aromatic N) is 2. The quantitative estimate of drug-likeness (QED) is 0.561. The molecule has 1 aromatic heterocycles. The molecule has 0 aliphatic carbocycles. The molecule has 2 heterocycles. The lowest BCUT2D eigenvalue weighted by atomic mass is 10.0. The summed E-state index contributed by atoms with van der Waals surface area (Å²) in [6.45, 7) is 2.79. The van der Waals surface area contributed by atoms with Crippen LogP contribution in [-0.4, -0.2) is 36.2 Å². The zero-order valence-corrected chi connectivity index (χ0v) is 18.2. The molecule has 3 aromatic rings. The van der Waals surface area contributed by atoms with Crippen molar-refractivity contribution in [3.05, 3.63) is 83.9 Å². The van der Waals surface area contributed by atoms with Crippen molar-refractivity contribution in [2.24, 2.45) is 0 Å². The van der Waals surface area contributed by atoms with Gasteiger partial charge in [0, 0.05) is 24.9 Å². The van der Waals surface area contributed by atoms with E-state index in [4.69, 9.17) is 9.47 Å². The molecule has 33 heavy (non-hydrogen) atoms. The maximum atomic E-state index is 14.9. The van der Waals surface area contributed by atoms with Crippen molar-refractivity contribution in [3.8, 4) is 11.1 Å². The topological polar surface area (TPSA) is 80.8 Å². The van der Waals surface area contributed by atoms with Crippen LogP contribution in [0.2, 0.25) is 0 Å². The van der Waals surface area contributed by atoms with Gasteiger partial charge in [-0.05, 0) is 47.0 Å². The van der Waals surface area contributed by atoms with Gasteiger partial charge in [0.15, 0.2) is 0 Å². The van der Waals surface area contributed by atoms with Crippen LogP contribution in [0.5, 0.6) is 0 Å². The Balaban J connectivity index is 1.37. The predicted molar refractivity (Wildman–Crippen MR) is 121 cm³/mol. The van der Waals surface area contributed by atoms with Gasteiger partial charge in [-0.15, -0.1) is 0 Å². The Morgan fingerprint density at radius 2 is 1.82 bits per heavy atom. The van der Waals surface area contributed by atoms with Crippen LogP contribution < -0.4 is 10.2 Å². The molecular formula is C25H24FN3O4. The summed E-state index contributed by atoms with van der Waals surface area (Å²) in [5.41, 5.74) is 3.60. The van der Waals surface area contributed by atoms with Crippen LogP contribution in [0, 0.1) is 5.82 Å². The average molecular weight is 449 g/mol. The Morgan fingerprint density at radius 1 is 1.12 bits per heavy atom. The molecule has 7 nitrogen and oxygen atoms in total. The van der Waals surface area contributed by atoms with E-state index in [0.717, 1.165) is 16.7 Å². The van der Waals surface area contributed by atoms with E-state index in [1.807, 2.05) is 36.4 Å². The molecule has 2 aromatic carbocycles. The van der Waals surface area contributed by atoms with Crippen LogP contribution in [0.1, 0.15) is 18.1 Å². The van der Waals surface area contributed by atoms with Gasteiger partial charge in [0.05, 0.1) is 32.0 Å². The molecule has 1 fully saturated rings. The highest BCUT2D eigenvalue weighted by Gasteiger charge is 2.32. The summed E-state index contributed by atoms with van der Waals surface area (Å²) in [6, 6.07) is 16.0. The van der Waals surface area contributed by atoms with Crippen LogP contribution in [0.4, 0.5) is 14.9 Å². The van der Waals surface area contributed by atoms with E-state index in [1.165, 1.54) is 17.9 Å². The number of anilines is 1. The zero-order valence-electron chi connectivity index (χ0n) is 18.2. The molecule has 0 saturated carbocycles. The molecule has 170 valence electrons. The van der Waals surface area contributed by atoms with Crippen LogP contribution in [0.3, 0.4) is 0 Å². The van der Waals surface area contributed by atoms with Gasteiger partial charge in [0.2, 0.25) is 5.91 Å². The molecule has 1 aliphatic heterocycles. The fourth-order valence-corrected chi connectivity index (χ4v) is 3.55. The molecular weight excluding hydrogens is 425 g/mol. The standard InChI is InChI=1S/C25H24FN3O4/c1-17(30)28-13-22-14-29(25(31)33-22)21-6-7-23(24(26)12-21)20-4-2-18(3-5-20)15-32-16-19-8-10-27-11-9-19/h2-12,22H,13-16H2,1H3,(H,28,30). The third kappa shape index (κ3) is 5.72. The molecule has 1 saturated heterocycles. The fourth-order valence-electron chi connectivity index (χ4n) is 3.55. The van der Waals surface area contributed by atoms with Gasteiger partial charge >= 0.3 is 6.09 Å². The van der Waals surface area contributed by atoms with Crippen LogP contribution >= 0.6 is 0 Å². The first kappa shape index (κ1) is 22.4. The maximum absolute atomic E-state index is 14.9. The number of carbonyl (C=O) groups excluding carboxylic acids is 2. The van der Waals surface area contributed by atoms with E-state index < -0.39 is 18.0 Å². The number of cyclic esters (lactones) is 1. The number of nitrogens with one attached hydrogen (secondary N) is 1. The molecule has 1 atom stereocenters. The van der Waals surface area contributed by atoms with Crippen molar-refractivity contribution in [2.75, 3.05) is 18.0 Å². The van der Waals surface area contributed by atoms with Crippen molar-refractivity contribution in [3.63, 3.8) is 0 Å². The van der Waals surface area contributed by atoms with E-state index in [2.05, 4.69) is 10.3 Å². The number of benzene rings is 2. The van der Waals surface area contributed by atoms with Gasteiger partial charge in [-0.1, -0.05) is 24.3 Å². The van der Waals surface area contributed by atoms with Crippen molar-refractivity contribution in [1.82, 2.24) is 10.3 Å². The van der Waals surface area contributed by atoms with Crippen molar-refractivity contribution in [2.45, 2.75) is 26.2 Å². The first-order chi connectivity index (χ1) is 16.0. The van der Waals surface area contributed by atoms with Gasteiger partial charge in [-0.2, -0.15) is 0 Å². The molecule has 0 radical (unpaired) electrons. The third-order valence-electron chi connectivity index (χ3n) is 5.27. The minimum atomic E-state index is -0.561. The monoisotopic (exact) mass is 449 g/mol. The van der Waals surface area contributed by atoms with Crippen LogP contribution in [0.15, 0.2) is 67.0 Å². The smallest absolute Gasteiger partial charge is 0.414 e. The molecule has 1 aliphatic rings. The summed E-state index contributed by atoms with van der Waals surface area (Å²) in [4.78, 5) is 28.6. The zero-order chi connectivity index (χ0) is 23.2. The minimum absolute atomic E-state index is 0.203. The molecule has 1 unspecified atom stereocenters. The Bertz CT molecular complexity index is 1120. The summed E-state index contributed by atoms with van der Waals surface area (Å²) in [5, 5.41) is 2.62. The van der Waals surface area contributed by atoms with Gasteiger partial charge in [0.1, 0.15) is 11.9 Å². The highest BCUT2D eigenvalue weighted by atomic mass is 19.1. The number of hydrogen-bond acceptors (Lipinski definition) is 5. The Morgan fingerprint density at radius 3 is 2.48 bits per heavy atom. The Kier molecular flexibility index (Phi) is 6.95. The third-order valence-corrected chi connectivity index (χ3v) is 5.27. The molecule has 1 N–H and O–H groups in total. The number of carbonyl (C=O) groups is 2. The van der Waals surface area contributed by atoms with Crippen LogP contribution in [0.25, 0.3) is 11.1 Å². The number of pyridine rings is 1. The molecule has 8 heteroatoms. The number of rotatable bonds is 8. The molecule has 4 rings (SSSR count). The second-order valence-corrected chi connectivity index (χ2v) is 7.76. The SMILES string of the molecule is CC(=O)NCC1CN(c2ccc(-c3ccc(COCc4ccncc4)cc3)c(F)c2)C(=O)O1. The number of hydrogen-bond donors (Lipinski definition) is 1. The van der Waals surface area contributed by atoms with E-state index >= 15 is 0 Å². The molecule has 0 spiro atoms. The van der Waals surface area contributed by atoms with E-state index in [1.54, 1.807) is 24.5 Å². The lowest BCUT2D eigenvalue weighted by molar-refractivity contribution is -0.119. The average Bonchev–Trinajstić information content (AvgIpc) is 3.19. The minimum Gasteiger partial charge on any atom is -0.442 e. The highest BCUT2D eigenvalue weighted by molar-refractivity contribution is 5.90. The van der Waals surface area contributed by atoms with E-state index in [9.17, 15) is 14.0 Å². The molecule has 0 bridgehead atoms. The number of ether oxygens (including phenoxy) is 2. The van der Waals surface area contributed by atoms with Gasteiger partial charge in [0.25, 0.3) is 0 Å².